The van der Waals surface area contributed by atoms with E-state index >= 15 is 0 Å². The van der Waals surface area contributed by atoms with Gasteiger partial charge in [0.05, 0.1) is 18.1 Å². The molecular formula is C18H26FN3O3S. The summed E-state index contributed by atoms with van der Waals surface area (Å²) >= 11 is 0. The first kappa shape index (κ1) is 19.3. The fourth-order valence-corrected chi connectivity index (χ4v) is 5.25. The predicted molar refractivity (Wildman–Crippen MR) is 97.9 cm³/mol. The highest BCUT2D eigenvalue weighted by Crippen LogP contribution is 2.12. The molecule has 1 unspecified atom stereocenters. The smallest absolute Gasteiger partial charge is 0.234 e. The molecule has 3 rings (SSSR count). The normalized spacial score (nSPS) is 24.3. The molecule has 0 bridgehead atoms. The van der Waals surface area contributed by atoms with Crippen LogP contribution < -0.4 is 5.32 Å². The van der Waals surface area contributed by atoms with Gasteiger partial charge in [-0.3, -0.25) is 14.6 Å². The minimum atomic E-state index is -2.98. The van der Waals surface area contributed by atoms with E-state index in [0.29, 0.717) is 13.0 Å². The Bertz CT molecular complexity index is 724. The Balaban J connectivity index is 1.43. The van der Waals surface area contributed by atoms with Crippen LogP contribution in [0.2, 0.25) is 0 Å². The maximum atomic E-state index is 13.0. The molecule has 2 aliphatic rings. The molecule has 1 N–H and O–H groups in total. The third-order valence-corrected chi connectivity index (χ3v) is 6.73. The van der Waals surface area contributed by atoms with Crippen LogP contribution in [0, 0.1) is 5.82 Å². The Morgan fingerprint density at radius 1 is 1.12 bits per heavy atom. The fourth-order valence-electron chi connectivity index (χ4n) is 3.57. The quantitative estimate of drug-likeness (QED) is 0.808. The van der Waals surface area contributed by atoms with Gasteiger partial charge in [-0.1, -0.05) is 12.1 Å². The van der Waals surface area contributed by atoms with Gasteiger partial charge in [-0.2, -0.15) is 0 Å². The van der Waals surface area contributed by atoms with Gasteiger partial charge in [0.15, 0.2) is 9.84 Å². The lowest BCUT2D eigenvalue weighted by molar-refractivity contribution is -0.122. The van der Waals surface area contributed by atoms with Crippen LogP contribution in [0.25, 0.3) is 0 Å². The second-order valence-corrected chi connectivity index (χ2v) is 9.43. The summed E-state index contributed by atoms with van der Waals surface area (Å²) in [5.74, 6) is -0.0968. The average Bonchev–Trinajstić information content (AvgIpc) is 2.78. The van der Waals surface area contributed by atoms with Crippen molar-refractivity contribution in [3.63, 3.8) is 0 Å². The Labute approximate surface area is 154 Å². The number of hydrogen-bond donors (Lipinski definition) is 1. The zero-order chi connectivity index (χ0) is 18.6. The van der Waals surface area contributed by atoms with E-state index in [1.54, 1.807) is 12.1 Å². The highest BCUT2D eigenvalue weighted by molar-refractivity contribution is 7.91. The van der Waals surface area contributed by atoms with Crippen LogP contribution in [0.3, 0.4) is 0 Å². The topological polar surface area (TPSA) is 69.7 Å². The zero-order valence-corrected chi connectivity index (χ0v) is 15.7. The molecule has 2 saturated heterocycles. The van der Waals surface area contributed by atoms with Crippen molar-refractivity contribution in [2.45, 2.75) is 25.4 Å². The lowest BCUT2D eigenvalue weighted by Gasteiger charge is -2.22. The van der Waals surface area contributed by atoms with Crippen molar-refractivity contribution in [2.24, 2.45) is 0 Å². The first-order valence-electron chi connectivity index (χ1n) is 9.08. The van der Waals surface area contributed by atoms with E-state index in [1.165, 1.54) is 12.1 Å². The van der Waals surface area contributed by atoms with Crippen molar-refractivity contribution in [1.82, 2.24) is 15.1 Å². The average molecular weight is 383 g/mol. The van der Waals surface area contributed by atoms with E-state index in [0.717, 1.165) is 44.7 Å². The molecule has 8 heteroatoms. The SMILES string of the molecule is O=C(CN1CCCN(Cc2ccc(F)cc2)CC1)NC1CCS(=O)(=O)C1. The summed E-state index contributed by atoms with van der Waals surface area (Å²) in [6.07, 6.45) is 1.48. The Morgan fingerprint density at radius 3 is 2.50 bits per heavy atom. The largest absolute Gasteiger partial charge is 0.351 e. The summed E-state index contributed by atoms with van der Waals surface area (Å²) in [6, 6.07) is 6.33. The van der Waals surface area contributed by atoms with Crippen molar-refractivity contribution in [1.29, 1.82) is 0 Å². The number of hydrogen-bond acceptors (Lipinski definition) is 5. The third kappa shape index (κ3) is 5.75. The molecule has 1 amide bonds. The maximum Gasteiger partial charge on any atom is 0.234 e. The van der Waals surface area contributed by atoms with Crippen molar-refractivity contribution in [2.75, 3.05) is 44.2 Å². The number of amides is 1. The highest BCUT2D eigenvalue weighted by atomic mass is 32.2. The van der Waals surface area contributed by atoms with Gasteiger partial charge in [0.1, 0.15) is 5.82 Å². The summed E-state index contributed by atoms with van der Waals surface area (Å²) in [5.41, 5.74) is 1.08. The molecule has 1 aromatic rings. The number of nitrogens with one attached hydrogen (secondary N) is 1. The van der Waals surface area contributed by atoms with E-state index in [2.05, 4.69) is 15.1 Å². The lowest BCUT2D eigenvalue weighted by Crippen LogP contribution is -2.43. The molecule has 26 heavy (non-hydrogen) atoms. The van der Waals surface area contributed by atoms with Crippen LogP contribution in [-0.4, -0.2) is 74.4 Å². The molecule has 0 aliphatic carbocycles. The summed E-state index contributed by atoms with van der Waals surface area (Å²) in [4.78, 5) is 16.6. The van der Waals surface area contributed by atoms with Gasteiger partial charge in [0, 0.05) is 25.7 Å². The van der Waals surface area contributed by atoms with Crippen molar-refractivity contribution in [3.8, 4) is 0 Å². The minimum absolute atomic E-state index is 0.0597. The molecule has 2 fully saturated rings. The van der Waals surface area contributed by atoms with Gasteiger partial charge in [-0.25, -0.2) is 12.8 Å². The Morgan fingerprint density at radius 2 is 1.81 bits per heavy atom. The summed E-state index contributed by atoms with van der Waals surface area (Å²) in [7, 11) is -2.98. The molecule has 2 heterocycles. The van der Waals surface area contributed by atoms with Crippen LogP contribution >= 0.6 is 0 Å². The van der Waals surface area contributed by atoms with E-state index < -0.39 is 9.84 Å². The summed E-state index contributed by atoms with van der Waals surface area (Å²) < 4.78 is 35.9. The summed E-state index contributed by atoms with van der Waals surface area (Å²) in [5, 5.41) is 2.85. The molecule has 6 nitrogen and oxygen atoms in total. The molecule has 144 valence electrons. The number of halogens is 1. The van der Waals surface area contributed by atoms with Crippen molar-refractivity contribution in [3.05, 3.63) is 35.6 Å². The lowest BCUT2D eigenvalue weighted by atomic mass is 10.2. The Hall–Kier alpha value is -1.51. The zero-order valence-electron chi connectivity index (χ0n) is 14.9. The predicted octanol–water partition coefficient (Wildman–Crippen LogP) is 0.637. The molecule has 2 aliphatic heterocycles. The maximum absolute atomic E-state index is 13.0. The molecule has 1 aromatic carbocycles. The number of carbonyl (C=O) groups excluding carboxylic acids is 1. The van der Waals surface area contributed by atoms with Crippen LogP contribution in [-0.2, 0) is 21.2 Å². The molecule has 0 radical (unpaired) electrons. The van der Waals surface area contributed by atoms with E-state index in [9.17, 15) is 17.6 Å². The number of nitrogens with zero attached hydrogens (tertiary/aromatic N) is 2. The minimum Gasteiger partial charge on any atom is -0.351 e. The number of rotatable bonds is 5. The fraction of sp³-hybridized carbons (Fsp3) is 0.611. The first-order chi connectivity index (χ1) is 12.4. The van der Waals surface area contributed by atoms with Gasteiger partial charge in [-0.05, 0) is 43.6 Å². The van der Waals surface area contributed by atoms with Crippen LogP contribution in [0.15, 0.2) is 24.3 Å². The number of carbonyl (C=O) groups is 1. The monoisotopic (exact) mass is 383 g/mol. The van der Waals surface area contributed by atoms with Crippen molar-refractivity contribution < 1.29 is 17.6 Å². The van der Waals surface area contributed by atoms with Crippen LogP contribution in [0.1, 0.15) is 18.4 Å². The molecule has 0 spiro atoms. The highest BCUT2D eigenvalue weighted by Gasteiger charge is 2.29. The van der Waals surface area contributed by atoms with E-state index in [1.807, 2.05) is 0 Å². The molecule has 0 aromatic heterocycles. The molecule has 1 atom stereocenters. The summed E-state index contributed by atoms with van der Waals surface area (Å²) in [6.45, 7) is 4.51. The van der Waals surface area contributed by atoms with Gasteiger partial charge in [0.25, 0.3) is 0 Å². The van der Waals surface area contributed by atoms with Gasteiger partial charge in [-0.15, -0.1) is 0 Å². The Kier molecular flexibility index (Phi) is 6.26. The molecule has 0 saturated carbocycles. The van der Waals surface area contributed by atoms with Gasteiger partial charge in [0.2, 0.25) is 5.91 Å². The van der Waals surface area contributed by atoms with Crippen LogP contribution in [0.5, 0.6) is 0 Å². The van der Waals surface area contributed by atoms with Gasteiger partial charge >= 0.3 is 0 Å². The first-order valence-corrected chi connectivity index (χ1v) is 10.9. The van der Waals surface area contributed by atoms with Crippen molar-refractivity contribution >= 4 is 15.7 Å². The van der Waals surface area contributed by atoms with Crippen LogP contribution in [0.4, 0.5) is 4.39 Å². The number of sulfone groups is 1. The second-order valence-electron chi connectivity index (χ2n) is 7.20. The number of benzene rings is 1. The molecular weight excluding hydrogens is 357 g/mol. The van der Waals surface area contributed by atoms with E-state index in [4.69, 9.17) is 0 Å². The second kappa shape index (κ2) is 8.45. The standard InChI is InChI=1S/C18H26FN3O3S/c19-16-4-2-15(3-5-16)12-21-7-1-8-22(10-9-21)13-18(23)20-17-6-11-26(24,25)14-17/h2-5,17H,1,6-14H2,(H,20,23). The van der Waals surface area contributed by atoms with E-state index in [-0.39, 0.29) is 29.3 Å². The third-order valence-electron chi connectivity index (χ3n) is 4.97. The van der Waals surface area contributed by atoms with Gasteiger partial charge < -0.3 is 5.32 Å².